The van der Waals surface area contributed by atoms with Crippen molar-refractivity contribution in [2.24, 2.45) is 0 Å². The summed E-state index contributed by atoms with van der Waals surface area (Å²) in [7, 11) is -2.61. The number of hydrogen-bond donors (Lipinski definition) is 3. The summed E-state index contributed by atoms with van der Waals surface area (Å²) in [5, 5.41) is 5.85. The van der Waals surface area contributed by atoms with Crippen LogP contribution in [0.1, 0.15) is 17.5 Å². The van der Waals surface area contributed by atoms with Crippen molar-refractivity contribution in [1.82, 2.24) is 4.72 Å². The minimum atomic E-state index is -4.07. The molecule has 1 aliphatic heterocycles. The Labute approximate surface area is 208 Å². The smallest absolute Gasteiger partial charge is 0.243 e. The lowest BCUT2D eigenvalue weighted by Crippen LogP contribution is -2.45. The van der Waals surface area contributed by atoms with Crippen LogP contribution in [0.25, 0.3) is 0 Å². The summed E-state index contributed by atoms with van der Waals surface area (Å²) in [5.41, 5.74) is 2.42. The molecule has 35 heavy (non-hydrogen) atoms. The third-order valence-electron chi connectivity index (χ3n) is 5.60. The van der Waals surface area contributed by atoms with Gasteiger partial charge in [-0.1, -0.05) is 41.9 Å². The number of methoxy groups -OCH3 is 1. The number of hydrogen-bond acceptors (Lipinski definition) is 5. The summed E-state index contributed by atoms with van der Waals surface area (Å²) in [5.74, 6) is -0.286. The van der Waals surface area contributed by atoms with Crippen LogP contribution in [0.4, 0.5) is 11.4 Å². The van der Waals surface area contributed by atoms with Crippen molar-refractivity contribution < 1.29 is 22.7 Å². The second-order valence-corrected chi connectivity index (χ2v) is 10.2. The lowest BCUT2D eigenvalue weighted by molar-refractivity contribution is -0.118. The van der Waals surface area contributed by atoms with Gasteiger partial charge >= 0.3 is 0 Å². The maximum absolute atomic E-state index is 13.3. The van der Waals surface area contributed by atoms with Gasteiger partial charge in [0.15, 0.2) is 0 Å². The van der Waals surface area contributed by atoms with Crippen molar-refractivity contribution in [2.75, 3.05) is 17.7 Å². The molecule has 0 spiro atoms. The van der Waals surface area contributed by atoms with Crippen LogP contribution in [0.3, 0.4) is 0 Å². The fraction of sp³-hybridized carbons (Fsp3) is 0.200. The molecule has 3 N–H and O–H groups in total. The number of ether oxygens (including phenoxy) is 1. The molecule has 4 rings (SSSR count). The van der Waals surface area contributed by atoms with E-state index in [1.807, 2.05) is 30.3 Å². The molecule has 0 aromatic heterocycles. The third-order valence-corrected chi connectivity index (χ3v) is 7.30. The van der Waals surface area contributed by atoms with Gasteiger partial charge in [-0.15, -0.1) is 0 Å². The van der Waals surface area contributed by atoms with Gasteiger partial charge in [-0.3, -0.25) is 9.59 Å². The van der Waals surface area contributed by atoms with E-state index in [9.17, 15) is 18.0 Å². The Kier molecular flexibility index (Phi) is 7.39. The lowest BCUT2D eigenvalue weighted by Gasteiger charge is -2.21. The van der Waals surface area contributed by atoms with E-state index in [2.05, 4.69) is 15.4 Å². The molecule has 3 aromatic rings. The number of amides is 2. The number of sulfonamides is 1. The summed E-state index contributed by atoms with van der Waals surface area (Å²) < 4.78 is 34.4. The van der Waals surface area contributed by atoms with E-state index in [0.29, 0.717) is 28.6 Å². The summed E-state index contributed by atoms with van der Waals surface area (Å²) in [6.07, 6.45) is 0.841. The molecule has 1 heterocycles. The maximum Gasteiger partial charge on any atom is 0.243 e. The molecule has 3 aromatic carbocycles. The number of fused-ring (bicyclic) bond motifs is 1. The molecule has 0 fully saturated rings. The number of carbonyl (C=O) groups excluding carboxylic acids is 2. The zero-order chi connectivity index (χ0) is 25.0. The zero-order valence-corrected chi connectivity index (χ0v) is 20.4. The predicted molar refractivity (Wildman–Crippen MR) is 134 cm³/mol. The van der Waals surface area contributed by atoms with Crippen LogP contribution in [0.2, 0.25) is 5.02 Å². The highest BCUT2D eigenvalue weighted by atomic mass is 35.5. The Morgan fingerprint density at radius 1 is 1.09 bits per heavy atom. The average Bonchev–Trinajstić information content (AvgIpc) is 2.84. The first-order valence-electron chi connectivity index (χ1n) is 10.9. The van der Waals surface area contributed by atoms with Crippen molar-refractivity contribution in [1.29, 1.82) is 0 Å². The van der Waals surface area contributed by atoms with Gasteiger partial charge in [-0.05, 0) is 60.4 Å². The quantitative estimate of drug-likeness (QED) is 0.424. The normalized spacial score (nSPS) is 13.9. The van der Waals surface area contributed by atoms with Crippen molar-refractivity contribution >= 4 is 44.8 Å². The van der Waals surface area contributed by atoms with Gasteiger partial charge in [0.05, 0.1) is 17.7 Å². The van der Waals surface area contributed by atoms with Gasteiger partial charge in [-0.25, -0.2) is 8.42 Å². The molecule has 0 unspecified atom stereocenters. The monoisotopic (exact) mass is 513 g/mol. The van der Waals surface area contributed by atoms with Crippen LogP contribution in [0.5, 0.6) is 5.75 Å². The summed E-state index contributed by atoms with van der Waals surface area (Å²) in [6.45, 7) is 0. The van der Waals surface area contributed by atoms with Crippen LogP contribution in [-0.2, 0) is 32.5 Å². The minimum absolute atomic E-state index is 0.0126. The van der Waals surface area contributed by atoms with E-state index in [4.69, 9.17) is 16.3 Å². The highest BCUT2D eigenvalue weighted by Gasteiger charge is 2.28. The van der Waals surface area contributed by atoms with Crippen LogP contribution in [-0.4, -0.2) is 33.4 Å². The second-order valence-electron chi connectivity index (χ2n) is 8.06. The van der Waals surface area contributed by atoms with Crippen LogP contribution in [0.15, 0.2) is 71.6 Å². The fourth-order valence-electron chi connectivity index (χ4n) is 3.82. The number of carbonyl (C=O) groups is 2. The highest BCUT2D eigenvalue weighted by Crippen LogP contribution is 2.29. The minimum Gasteiger partial charge on any atom is -0.495 e. The lowest BCUT2D eigenvalue weighted by atomic mass is 10.0. The average molecular weight is 514 g/mol. The number of anilines is 2. The van der Waals surface area contributed by atoms with Gasteiger partial charge in [0.2, 0.25) is 21.8 Å². The first kappa shape index (κ1) is 24.7. The van der Waals surface area contributed by atoms with E-state index in [1.54, 1.807) is 18.2 Å². The van der Waals surface area contributed by atoms with Gasteiger partial charge in [0, 0.05) is 17.1 Å². The highest BCUT2D eigenvalue weighted by molar-refractivity contribution is 7.89. The van der Waals surface area contributed by atoms with Crippen molar-refractivity contribution in [3.05, 3.63) is 82.9 Å². The summed E-state index contributed by atoms with van der Waals surface area (Å²) in [4.78, 5) is 24.9. The van der Waals surface area contributed by atoms with E-state index >= 15 is 0 Å². The topological polar surface area (TPSA) is 114 Å². The van der Waals surface area contributed by atoms with E-state index in [0.717, 1.165) is 11.1 Å². The van der Waals surface area contributed by atoms with E-state index in [1.165, 1.54) is 25.3 Å². The first-order valence-corrected chi connectivity index (χ1v) is 12.7. The third kappa shape index (κ3) is 6.00. The zero-order valence-electron chi connectivity index (χ0n) is 18.9. The van der Waals surface area contributed by atoms with Crippen LogP contribution >= 0.6 is 11.6 Å². The van der Waals surface area contributed by atoms with E-state index < -0.39 is 22.0 Å². The molecule has 0 saturated heterocycles. The number of halogens is 1. The predicted octanol–water partition coefficient (Wildman–Crippen LogP) is 3.76. The Morgan fingerprint density at radius 3 is 2.60 bits per heavy atom. The molecule has 1 aliphatic rings. The van der Waals surface area contributed by atoms with Crippen LogP contribution in [0, 0.1) is 0 Å². The Balaban J connectivity index is 1.62. The number of benzene rings is 3. The number of nitrogens with one attached hydrogen (secondary N) is 3. The van der Waals surface area contributed by atoms with Crippen LogP contribution < -0.4 is 20.1 Å². The fourth-order valence-corrected chi connectivity index (χ4v) is 5.24. The van der Waals surface area contributed by atoms with Crippen molar-refractivity contribution in [3.63, 3.8) is 0 Å². The molecular weight excluding hydrogens is 490 g/mol. The Hall–Kier alpha value is -3.40. The van der Waals surface area contributed by atoms with Gasteiger partial charge < -0.3 is 15.4 Å². The van der Waals surface area contributed by atoms with Gasteiger partial charge in [0.25, 0.3) is 0 Å². The number of rotatable bonds is 8. The van der Waals surface area contributed by atoms with Gasteiger partial charge in [-0.2, -0.15) is 4.72 Å². The second kappa shape index (κ2) is 10.5. The van der Waals surface area contributed by atoms with E-state index in [-0.39, 0.29) is 23.6 Å². The molecular formula is C25H24ClN3O5S. The Bertz CT molecular complexity index is 1360. The largest absolute Gasteiger partial charge is 0.495 e. The molecule has 10 heteroatoms. The van der Waals surface area contributed by atoms with Crippen molar-refractivity contribution in [3.8, 4) is 5.75 Å². The molecule has 0 bridgehead atoms. The SMILES string of the molecule is COc1ccc(Cl)cc1NC(=O)[C@H](Cc1ccccc1)NS(=O)(=O)c1ccc2c(c1)CCC(=O)N2. The first-order chi connectivity index (χ1) is 16.7. The molecule has 0 saturated carbocycles. The molecule has 0 aliphatic carbocycles. The number of aryl methyl sites for hydroxylation is 1. The van der Waals surface area contributed by atoms with Crippen molar-refractivity contribution in [2.45, 2.75) is 30.2 Å². The standard InChI is InChI=1S/C25H24ClN3O5S/c1-34-23-11-8-18(26)15-21(23)28-25(31)22(13-16-5-3-2-4-6-16)29-35(32,33)19-9-10-20-17(14-19)7-12-24(30)27-20/h2-6,8-11,14-15,22,29H,7,12-13H2,1H3,(H,27,30)(H,28,31)/t22-/m0/s1. The maximum atomic E-state index is 13.3. The van der Waals surface area contributed by atoms with Gasteiger partial charge in [0.1, 0.15) is 11.8 Å². The Morgan fingerprint density at radius 2 is 1.86 bits per heavy atom. The molecule has 1 atom stereocenters. The molecule has 2 amide bonds. The molecule has 0 radical (unpaired) electrons. The summed E-state index contributed by atoms with van der Waals surface area (Å²) in [6, 6.07) is 17.2. The molecule has 182 valence electrons. The summed E-state index contributed by atoms with van der Waals surface area (Å²) >= 11 is 6.08. The molecule has 8 nitrogen and oxygen atoms in total.